The Morgan fingerprint density at radius 1 is 1.15 bits per heavy atom. The number of benzene rings is 1. The second kappa shape index (κ2) is 10.1. The van der Waals surface area contributed by atoms with Crippen LogP contribution in [-0.2, 0) is 20.9 Å². The summed E-state index contributed by atoms with van der Waals surface area (Å²) < 4.78 is 4.95. The monoisotopic (exact) mass is 369 g/mol. The molecule has 0 aliphatic carbocycles. The molecule has 2 aromatic rings. The van der Waals surface area contributed by atoms with E-state index in [4.69, 9.17) is 4.74 Å². The Morgan fingerprint density at radius 3 is 2.63 bits per heavy atom. The smallest absolute Gasteiger partial charge is 0.307 e. The number of aromatic nitrogens is 1. The third kappa shape index (κ3) is 6.54. The van der Waals surface area contributed by atoms with Crippen molar-refractivity contribution in [2.75, 3.05) is 18.5 Å². The summed E-state index contributed by atoms with van der Waals surface area (Å²) in [4.78, 5) is 41.7. The predicted octanol–water partition coefficient (Wildman–Crippen LogP) is 2.64. The number of ether oxygens (including phenoxy) is 1. The number of anilines is 1. The van der Waals surface area contributed by atoms with Crippen LogP contribution in [0.3, 0.4) is 0 Å². The second-order valence-electron chi connectivity index (χ2n) is 5.86. The van der Waals surface area contributed by atoms with E-state index in [1.807, 2.05) is 12.1 Å². The molecule has 0 saturated carbocycles. The van der Waals surface area contributed by atoms with Crippen LogP contribution in [0.15, 0.2) is 48.7 Å². The highest BCUT2D eigenvalue weighted by Crippen LogP contribution is 2.15. The van der Waals surface area contributed by atoms with Gasteiger partial charge in [0.05, 0.1) is 25.3 Å². The van der Waals surface area contributed by atoms with Gasteiger partial charge in [-0.05, 0) is 37.3 Å². The molecule has 0 aliphatic heterocycles. The molecule has 2 amide bonds. The first-order valence-electron chi connectivity index (χ1n) is 8.72. The van der Waals surface area contributed by atoms with Gasteiger partial charge in [0.2, 0.25) is 5.91 Å². The number of hydrogen-bond acceptors (Lipinski definition) is 5. The van der Waals surface area contributed by atoms with Crippen LogP contribution in [-0.4, -0.2) is 40.8 Å². The van der Waals surface area contributed by atoms with Crippen LogP contribution in [0.1, 0.15) is 36.3 Å². The summed E-state index contributed by atoms with van der Waals surface area (Å²) in [6.07, 6.45) is 1.75. The number of esters is 1. The molecule has 2 rings (SSSR count). The number of pyridine rings is 1. The van der Waals surface area contributed by atoms with Crippen LogP contribution in [0.5, 0.6) is 0 Å². The Hall–Kier alpha value is -3.22. The molecule has 0 saturated heterocycles. The van der Waals surface area contributed by atoms with Crippen LogP contribution in [0.4, 0.5) is 5.69 Å². The summed E-state index contributed by atoms with van der Waals surface area (Å²) in [5.41, 5.74) is 1.67. The van der Waals surface area contributed by atoms with Crippen molar-refractivity contribution in [2.45, 2.75) is 26.8 Å². The van der Waals surface area contributed by atoms with Crippen LogP contribution in [0.25, 0.3) is 0 Å². The Bertz CT molecular complexity index is 793. The first-order chi connectivity index (χ1) is 13.0. The van der Waals surface area contributed by atoms with Crippen LogP contribution in [0.2, 0.25) is 0 Å². The van der Waals surface area contributed by atoms with E-state index < -0.39 is 0 Å². The predicted molar refractivity (Wildman–Crippen MR) is 101 cm³/mol. The zero-order chi connectivity index (χ0) is 19.6. The number of nitrogens with zero attached hydrogens (tertiary/aromatic N) is 2. The molecule has 0 radical (unpaired) electrons. The first kappa shape index (κ1) is 20.1. The van der Waals surface area contributed by atoms with E-state index in [1.165, 1.54) is 6.92 Å². The van der Waals surface area contributed by atoms with Gasteiger partial charge in [0.1, 0.15) is 0 Å². The van der Waals surface area contributed by atoms with E-state index in [1.54, 1.807) is 48.4 Å². The lowest BCUT2D eigenvalue weighted by molar-refractivity contribution is -0.143. The Labute approximate surface area is 158 Å². The lowest BCUT2D eigenvalue weighted by Crippen LogP contribution is -2.33. The van der Waals surface area contributed by atoms with Gasteiger partial charge in [-0.25, -0.2) is 0 Å². The number of nitrogens with one attached hydrogen (secondary N) is 1. The van der Waals surface area contributed by atoms with Gasteiger partial charge in [-0.3, -0.25) is 19.4 Å². The highest BCUT2D eigenvalue weighted by Gasteiger charge is 2.19. The molecule has 1 aromatic carbocycles. The van der Waals surface area contributed by atoms with E-state index in [-0.39, 0.29) is 37.3 Å². The van der Waals surface area contributed by atoms with Crippen molar-refractivity contribution in [3.63, 3.8) is 0 Å². The average molecular weight is 369 g/mol. The summed E-state index contributed by atoms with van der Waals surface area (Å²) in [5, 5.41) is 2.66. The largest absolute Gasteiger partial charge is 0.466 e. The van der Waals surface area contributed by atoms with Gasteiger partial charge in [-0.15, -0.1) is 0 Å². The van der Waals surface area contributed by atoms with E-state index >= 15 is 0 Å². The molecule has 7 nitrogen and oxygen atoms in total. The van der Waals surface area contributed by atoms with Gasteiger partial charge in [0.15, 0.2) is 0 Å². The highest BCUT2D eigenvalue weighted by atomic mass is 16.5. The van der Waals surface area contributed by atoms with Crippen molar-refractivity contribution in [1.29, 1.82) is 0 Å². The maximum absolute atomic E-state index is 13.0. The number of carbonyl (C=O) groups excluding carboxylic acids is 3. The highest BCUT2D eigenvalue weighted by molar-refractivity contribution is 5.97. The van der Waals surface area contributed by atoms with Gasteiger partial charge >= 0.3 is 5.97 Å². The molecule has 0 atom stereocenters. The van der Waals surface area contributed by atoms with E-state index in [0.29, 0.717) is 23.6 Å². The minimum Gasteiger partial charge on any atom is -0.466 e. The molecule has 142 valence electrons. The molecular weight excluding hydrogens is 346 g/mol. The van der Waals surface area contributed by atoms with Crippen molar-refractivity contribution in [3.05, 3.63) is 59.9 Å². The van der Waals surface area contributed by atoms with Crippen molar-refractivity contribution in [1.82, 2.24) is 9.88 Å². The normalized spacial score (nSPS) is 10.1. The molecule has 7 heteroatoms. The maximum atomic E-state index is 13.0. The zero-order valence-electron chi connectivity index (χ0n) is 15.5. The van der Waals surface area contributed by atoms with Crippen LogP contribution < -0.4 is 5.32 Å². The van der Waals surface area contributed by atoms with Crippen molar-refractivity contribution in [3.8, 4) is 0 Å². The fourth-order valence-corrected chi connectivity index (χ4v) is 2.51. The summed E-state index contributed by atoms with van der Waals surface area (Å²) in [7, 11) is 0. The van der Waals surface area contributed by atoms with Crippen LogP contribution >= 0.6 is 0 Å². The van der Waals surface area contributed by atoms with Gasteiger partial charge in [0.25, 0.3) is 5.91 Å². The third-order valence-corrected chi connectivity index (χ3v) is 3.69. The van der Waals surface area contributed by atoms with Crippen molar-refractivity contribution >= 4 is 23.5 Å². The molecule has 1 aromatic heterocycles. The van der Waals surface area contributed by atoms with E-state index in [9.17, 15) is 14.4 Å². The van der Waals surface area contributed by atoms with E-state index in [0.717, 1.165) is 0 Å². The third-order valence-electron chi connectivity index (χ3n) is 3.69. The first-order valence-corrected chi connectivity index (χ1v) is 8.72. The quantitative estimate of drug-likeness (QED) is 0.723. The Kier molecular flexibility index (Phi) is 7.49. The Balaban J connectivity index is 2.18. The van der Waals surface area contributed by atoms with Crippen molar-refractivity contribution < 1.29 is 19.1 Å². The summed E-state index contributed by atoms with van der Waals surface area (Å²) in [6.45, 7) is 3.91. The second-order valence-corrected chi connectivity index (χ2v) is 5.86. The maximum Gasteiger partial charge on any atom is 0.307 e. The number of carbonyl (C=O) groups is 3. The summed E-state index contributed by atoms with van der Waals surface area (Å²) in [5.74, 6) is -0.826. The molecule has 0 fully saturated rings. The Morgan fingerprint density at radius 2 is 1.96 bits per heavy atom. The molecule has 27 heavy (non-hydrogen) atoms. The fraction of sp³-hybridized carbons (Fsp3) is 0.300. The van der Waals surface area contributed by atoms with Gasteiger partial charge in [-0.1, -0.05) is 12.1 Å². The van der Waals surface area contributed by atoms with Gasteiger partial charge < -0.3 is 15.0 Å². The molecule has 1 N–H and O–H groups in total. The standard InChI is InChI=1S/C20H23N3O4/c1-3-27-19(25)10-12-23(14-18-8-4-5-11-21-18)20(26)16-7-6-9-17(13-16)22-15(2)24/h4-9,11,13H,3,10,12,14H2,1-2H3,(H,22,24). The summed E-state index contributed by atoms with van der Waals surface area (Å²) >= 11 is 0. The SMILES string of the molecule is CCOC(=O)CCN(Cc1ccccn1)C(=O)c1cccc(NC(C)=O)c1. The number of rotatable bonds is 8. The minimum absolute atomic E-state index is 0.0950. The van der Waals surface area contributed by atoms with E-state index in [2.05, 4.69) is 10.3 Å². The topological polar surface area (TPSA) is 88.6 Å². The molecular formula is C20H23N3O4. The van der Waals surface area contributed by atoms with Gasteiger partial charge in [-0.2, -0.15) is 0 Å². The lowest BCUT2D eigenvalue weighted by atomic mass is 10.1. The molecule has 0 aliphatic rings. The minimum atomic E-state index is -0.358. The molecule has 0 spiro atoms. The summed E-state index contributed by atoms with van der Waals surface area (Å²) in [6, 6.07) is 12.1. The molecule has 0 unspecified atom stereocenters. The van der Waals surface area contributed by atoms with Crippen molar-refractivity contribution in [2.24, 2.45) is 0 Å². The number of hydrogen-bond donors (Lipinski definition) is 1. The molecule has 0 bridgehead atoms. The fourth-order valence-electron chi connectivity index (χ4n) is 2.51. The number of amides is 2. The van der Waals surface area contributed by atoms with Crippen LogP contribution in [0, 0.1) is 0 Å². The molecule has 1 heterocycles. The average Bonchev–Trinajstić information content (AvgIpc) is 2.65. The lowest BCUT2D eigenvalue weighted by Gasteiger charge is -2.22. The van der Waals surface area contributed by atoms with Gasteiger partial charge in [0, 0.05) is 30.9 Å². The zero-order valence-corrected chi connectivity index (χ0v) is 15.5.